The minimum Gasteiger partial charge on any atom is -0.460 e. The van der Waals surface area contributed by atoms with Crippen LogP contribution in [0.25, 0.3) is 22.3 Å². The molecule has 2 aromatic heterocycles. The summed E-state index contributed by atoms with van der Waals surface area (Å²) in [7, 11) is 0. The standard InChI is InChI=1S/C28H26FN3O6/c1-3-13-15-6-21-24-16(8-32(21)25(33)17(15)9-38-26(13)34)23-19(31-27(35)28(36)10-37-11-28)5-4-14-12(2)18(29)7-20(30-24)22(14)23/h6-7,13,19,36H,3-5,8-11H2,1-2H3,(H,31,35). The summed E-state index contributed by atoms with van der Waals surface area (Å²) >= 11 is 0. The minimum absolute atomic E-state index is 0.0674. The molecule has 38 heavy (non-hydrogen) atoms. The van der Waals surface area contributed by atoms with Crippen molar-refractivity contribution in [2.24, 2.45) is 0 Å². The fourth-order valence-corrected chi connectivity index (χ4v) is 6.44. The first-order chi connectivity index (χ1) is 18.2. The molecule has 0 spiro atoms. The van der Waals surface area contributed by atoms with E-state index in [9.17, 15) is 23.9 Å². The quantitative estimate of drug-likeness (QED) is 0.399. The molecule has 4 aliphatic rings. The lowest BCUT2D eigenvalue weighted by atomic mass is 9.81. The Balaban J connectivity index is 1.46. The Bertz CT molecular complexity index is 1660. The molecule has 196 valence electrons. The van der Waals surface area contributed by atoms with Crippen molar-refractivity contribution in [1.29, 1.82) is 0 Å². The van der Waals surface area contributed by atoms with E-state index in [2.05, 4.69) is 5.32 Å². The fraction of sp³-hybridized carbons (Fsp3) is 0.429. The van der Waals surface area contributed by atoms with Gasteiger partial charge in [0, 0.05) is 17.0 Å². The van der Waals surface area contributed by atoms with Crippen molar-refractivity contribution in [1.82, 2.24) is 14.9 Å². The third-order valence-electron chi connectivity index (χ3n) is 8.61. The number of aryl methyl sites for hydroxylation is 1. The number of cyclic esters (lactones) is 1. The number of halogens is 1. The molecule has 10 heteroatoms. The zero-order chi connectivity index (χ0) is 26.5. The largest absolute Gasteiger partial charge is 0.460 e. The predicted molar refractivity (Wildman–Crippen MR) is 133 cm³/mol. The van der Waals surface area contributed by atoms with Gasteiger partial charge >= 0.3 is 5.97 Å². The minimum atomic E-state index is -1.57. The molecule has 1 aromatic carbocycles. The van der Waals surface area contributed by atoms with Gasteiger partial charge in [0.25, 0.3) is 11.5 Å². The number of aromatic nitrogens is 2. The number of fused-ring (bicyclic) bond motifs is 5. The Hall–Kier alpha value is -3.63. The third kappa shape index (κ3) is 3.04. The van der Waals surface area contributed by atoms with E-state index in [1.807, 2.05) is 13.0 Å². The summed E-state index contributed by atoms with van der Waals surface area (Å²) in [6.45, 7) is 3.64. The Labute approximate surface area is 216 Å². The molecule has 3 aliphatic heterocycles. The van der Waals surface area contributed by atoms with Crippen LogP contribution in [-0.2, 0) is 38.6 Å². The van der Waals surface area contributed by atoms with Crippen LogP contribution >= 0.6 is 0 Å². The number of amides is 1. The number of rotatable bonds is 3. The van der Waals surface area contributed by atoms with Crippen molar-refractivity contribution in [3.63, 3.8) is 0 Å². The van der Waals surface area contributed by atoms with Crippen LogP contribution in [0.4, 0.5) is 4.39 Å². The van der Waals surface area contributed by atoms with E-state index in [0.29, 0.717) is 52.9 Å². The SMILES string of the molecule is CCC1C(=O)OCc2c1cc1n(c2=O)Cc2c-1nc1cc(F)c(C)c3c1c2C(NC(=O)C1(O)COC1)CC3. The number of ether oxygens (including phenoxy) is 2. The molecule has 1 aliphatic carbocycles. The van der Waals surface area contributed by atoms with Crippen LogP contribution in [0.15, 0.2) is 16.9 Å². The Kier molecular flexibility index (Phi) is 4.91. The lowest BCUT2D eigenvalue weighted by Gasteiger charge is -2.37. The first kappa shape index (κ1) is 23.5. The van der Waals surface area contributed by atoms with Crippen molar-refractivity contribution >= 4 is 22.8 Å². The highest BCUT2D eigenvalue weighted by molar-refractivity contribution is 5.94. The smallest absolute Gasteiger partial charge is 0.313 e. The van der Waals surface area contributed by atoms with Gasteiger partial charge in [0.05, 0.1) is 54.2 Å². The molecule has 0 bridgehead atoms. The highest BCUT2D eigenvalue weighted by Gasteiger charge is 2.46. The van der Waals surface area contributed by atoms with Crippen molar-refractivity contribution in [2.45, 2.75) is 63.8 Å². The summed E-state index contributed by atoms with van der Waals surface area (Å²) in [5.41, 5.74) is 3.83. The maximum absolute atomic E-state index is 15.0. The topological polar surface area (TPSA) is 120 Å². The lowest BCUT2D eigenvalue weighted by Crippen LogP contribution is -2.60. The van der Waals surface area contributed by atoms with Crippen LogP contribution in [-0.4, -0.2) is 45.3 Å². The number of nitrogens with zero attached hydrogens (tertiary/aromatic N) is 2. The van der Waals surface area contributed by atoms with Crippen LogP contribution in [0, 0.1) is 12.7 Å². The number of carbonyl (C=O) groups is 2. The molecule has 2 N–H and O–H groups in total. The molecule has 0 radical (unpaired) electrons. The Morgan fingerprint density at radius 3 is 2.76 bits per heavy atom. The normalized spacial score (nSPS) is 22.3. The molecular formula is C28H26FN3O6. The number of hydrogen-bond donors (Lipinski definition) is 2. The van der Waals surface area contributed by atoms with Gasteiger partial charge in [0.1, 0.15) is 12.4 Å². The van der Waals surface area contributed by atoms with Gasteiger partial charge < -0.3 is 24.5 Å². The molecule has 9 nitrogen and oxygen atoms in total. The molecule has 3 aromatic rings. The summed E-state index contributed by atoms with van der Waals surface area (Å²) in [6.07, 6.45) is 1.53. The summed E-state index contributed by atoms with van der Waals surface area (Å²) in [4.78, 5) is 43.9. The van der Waals surface area contributed by atoms with Crippen LogP contribution in [0.1, 0.15) is 65.1 Å². The molecule has 1 amide bonds. The maximum Gasteiger partial charge on any atom is 0.313 e. The first-order valence-corrected chi connectivity index (χ1v) is 12.9. The van der Waals surface area contributed by atoms with Crippen molar-refractivity contribution < 1.29 is 28.6 Å². The number of nitrogens with one attached hydrogen (secondary N) is 1. The number of aliphatic hydroxyl groups is 1. The van der Waals surface area contributed by atoms with Gasteiger partial charge in [0.2, 0.25) is 0 Å². The molecule has 2 unspecified atom stereocenters. The Morgan fingerprint density at radius 2 is 2.05 bits per heavy atom. The van der Waals surface area contributed by atoms with E-state index < -0.39 is 23.5 Å². The van der Waals surface area contributed by atoms with E-state index in [1.165, 1.54) is 6.07 Å². The van der Waals surface area contributed by atoms with Gasteiger partial charge in [-0.3, -0.25) is 14.4 Å². The van der Waals surface area contributed by atoms with Gasteiger partial charge in [-0.25, -0.2) is 9.37 Å². The molecule has 2 atom stereocenters. The van der Waals surface area contributed by atoms with E-state index in [4.69, 9.17) is 14.5 Å². The van der Waals surface area contributed by atoms with Gasteiger partial charge in [-0.1, -0.05) is 6.92 Å². The molecular weight excluding hydrogens is 493 g/mol. The van der Waals surface area contributed by atoms with E-state index >= 15 is 0 Å². The fourth-order valence-electron chi connectivity index (χ4n) is 6.44. The van der Waals surface area contributed by atoms with E-state index in [1.54, 1.807) is 11.5 Å². The summed E-state index contributed by atoms with van der Waals surface area (Å²) < 4.78 is 27.0. The monoisotopic (exact) mass is 519 g/mol. The second-order valence-electron chi connectivity index (χ2n) is 10.7. The summed E-state index contributed by atoms with van der Waals surface area (Å²) in [5.74, 6) is -1.76. The van der Waals surface area contributed by atoms with Crippen molar-refractivity contribution in [3.05, 3.63) is 61.7 Å². The summed E-state index contributed by atoms with van der Waals surface area (Å²) in [5, 5.41) is 14.3. The van der Waals surface area contributed by atoms with Crippen molar-refractivity contribution in [2.75, 3.05) is 13.2 Å². The highest BCUT2D eigenvalue weighted by Crippen LogP contribution is 2.45. The Morgan fingerprint density at radius 1 is 1.26 bits per heavy atom. The van der Waals surface area contributed by atoms with Crippen LogP contribution < -0.4 is 10.9 Å². The first-order valence-electron chi connectivity index (χ1n) is 12.9. The van der Waals surface area contributed by atoms with Gasteiger partial charge in [0.15, 0.2) is 5.60 Å². The molecule has 1 saturated heterocycles. The second-order valence-corrected chi connectivity index (χ2v) is 10.7. The number of carbonyl (C=O) groups excluding carboxylic acids is 2. The second kappa shape index (κ2) is 7.94. The summed E-state index contributed by atoms with van der Waals surface area (Å²) in [6, 6.07) is 2.79. The van der Waals surface area contributed by atoms with Crippen molar-refractivity contribution in [3.8, 4) is 11.4 Å². The zero-order valence-electron chi connectivity index (χ0n) is 21.0. The maximum atomic E-state index is 15.0. The van der Waals surface area contributed by atoms with Gasteiger partial charge in [-0.2, -0.15) is 0 Å². The molecule has 7 rings (SSSR count). The molecule has 0 saturated carbocycles. The molecule has 5 heterocycles. The average Bonchev–Trinajstić information content (AvgIpc) is 3.24. The van der Waals surface area contributed by atoms with Crippen LogP contribution in [0.5, 0.6) is 0 Å². The van der Waals surface area contributed by atoms with Crippen LogP contribution in [0.2, 0.25) is 0 Å². The number of pyridine rings is 2. The zero-order valence-corrected chi connectivity index (χ0v) is 21.0. The third-order valence-corrected chi connectivity index (χ3v) is 8.61. The number of benzene rings is 1. The van der Waals surface area contributed by atoms with E-state index in [0.717, 1.165) is 22.1 Å². The highest BCUT2D eigenvalue weighted by atomic mass is 19.1. The lowest BCUT2D eigenvalue weighted by molar-refractivity contribution is -0.191. The van der Waals surface area contributed by atoms with E-state index in [-0.39, 0.29) is 43.7 Å². The molecule has 1 fully saturated rings. The number of hydrogen-bond acceptors (Lipinski definition) is 7. The van der Waals surface area contributed by atoms with Crippen LogP contribution in [0.3, 0.4) is 0 Å². The van der Waals surface area contributed by atoms with Gasteiger partial charge in [-0.15, -0.1) is 0 Å². The number of esters is 1. The predicted octanol–water partition coefficient (Wildman–Crippen LogP) is 2.29. The average molecular weight is 520 g/mol. The van der Waals surface area contributed by atoms with Gasteiger partial charge in [-0.05, 0) is 54.5 Å².